The number of halogens is 2. The summed E-state index contributed by atoms with van der Waals surface area (Å²) in [4.78, 5) is 13.2. The maximum absolute atomic E-state index is 11.5. The number of nitrogens with zero attached hydrogens (tertiary/aromatic N) is 1. The smallest absolute Gasteiger partial charge is 0.239 e. The zero-order valence-corrected chi connectivity index (χ0v) is 10.2. The van der Waals surface area contributed by atoms with Crippen LogP contribution in [-0.2, 0) is 4.79 Å². The molecular weight excluding hydrogens is 223 g/mol. The van der Waals surface area contributed by atoms with Crippen LogP contribution in [0, 0.1) is 0 Å². The van der Waals surface area contributed by atoms with Gasteiger partial charge in [0.05, 0.1) is 6.04 Å². The Morgan fingerprint density at radius 2 is 2.21 bits per heavy atom. The van der Waals surface area contributed by atoms with Gasteiger partial charge in [-0.05, 0) is 13.8 Å². The summed E-state index contributed by atoms with van der Waals surface area (Å²) < 4.78 is 0. The third-order valence-electron chi connectivity index (χ3n) is 1.92. The van der Waals surface area contributed by atoms with E-state index in [1.807, 2.05) is 6.92 Å². The van der Waals surface area contributed by atoms with Crippen LogP contribution in [0.2, 0.25) is 0 Å². The Balaban J connectivity index is 3.96. The first-order valence-corrected chi connectivity index (χ1v) is 5.27. The molecule has 1 N–H and O–H groups in total. The van der Waals surface area contributed by atoms with Crippen molar-refractivity contribution in [2.45, 2.75) is 19.9 Å². The van der Waals surface area contributed by atoms with Crippen molar-refractivity contribution in [3.05, 3.63) is 10.6 Å². The second kappa shape index (κ2) is 7.10. The minimum absolute atomic E-state index is 0.0477. The quantitative estimate of drug-likeness (QED) is 0.792. The van der Waals surface area contributed by atoms with Crippen LogP contribution in [0.5, 0.6) is 0 Å². The number of carbonyl (C=O) groups is 1. The van der Waals surface area contributed by atoms with E-state index in [1.165, 1.54) is 5.54 Å². The highest BCUT2D eigenvalue weighted by Crippen LogP contribution is 2.01. The molecule has 0 bridgehead atoms. The monoisotopic (exact) mass is 238 g/mol. The maximum atomic E-state index is 11.5. The summed E-state index contributed by atoms with van der Waals surface area (Å²) in [5.74, 6) is 0.0477. The highest BCUT2D eigenvalue weighted by molar-refractivity contribution is 6.36. The fourth-order valence-electron chi connectivity index (χ4n) is 0.863. The molecule has 0 aromatic rings. The largest absolute Gasteiger partial charge is 0.345 e. The molecule has 0 aromatic heterocycles. The first-order valence-electron chi connectivity index (χ1n) is 4.46. The fourth-order valence-corrected chi connectivity index (χ4v) is 1.02. The molecule has 1 amide bonds. The van der Waals surface area contributed by atoms with Crippen molar-refractivity contribution in [1.82, 2.24) is 10.2 Å². The van der Waals surface area contributed by atoms with Gasteiger partial charge in [0, 0.05) is 30.7 Å². The van der Waals surface area contributed by atoms with Crippen LogP contribution in [-0.4, -0.2) is 37.0 Å². The highest BCUT2D eigenvalue weighted by Gasteiger charge is 2.15. The Kier molecular flexibility index (Phi) is 6.97. The molecule has 0 saturated heterocycles. The molecular formula is C9H16Cl2N2O. The number of rotatable bonds is 5. The van der Waals surface area contributed by atoms with Crippen LogP contribution in [0.4, 0.5) is 0 Å². The molecule has 5 heteroatoms. The van der Waals surface area contributed by atoms with Gasteiger partial charge in [0.25, 0.3) is 0 Å². The number of carbonyl (C=O) groups excluding carboxylic acids is 1. The first-order chi connectivity index (χ1) is 6.52. The van der Waals surface area contributed by atoms with E-state index in [-0.39, 0.29) is 11.9 Å². The van der Waals surface area contributed by atoms with E-state index in [0.717, 1.165) is 0 Å². The van der Waals surface area contributed by atoms with E-state index in [4.69, 9.17) is 23.2 Å². The van der Waals surface area contributed by atoms with Crippen LogP contribution >= 0.6 is 23.2 Å². The third kappa shape index (κ3) is 4.84. The summed E-state index contributed by atoms with van der Waals surface area (Å²) >= 11 is 11.0. The summed E-state index contributed by atoms with van der Waals surface area (Å²) in [7, 11) is 1.76. The molecule has 0 aliphatic heterocycles. The van der Waals surface area contributed by atoms with Gasteiger partial charge in [0.15, 0.2) is 0 Å². The van der Waals surface area contributed by atoms with Crippen LogP contribution in [0.3, 0.4) is 0 Å². The fraction of sp³-hybridized carbons (Fsp3) is 0.667. The van der Waals surface area contributed by atoms with Gasteiger partial charge in [0.1, 0.15) is 0 Å². The van der Waals surface area contributed by atoms with Crippen LogP contribution in [0.25, 0.3) is 0 Å². The standard InChI is InChI=1S/C9H16Cl2N2O/c1-4-13(3)9(14)7(2)12-6-8(11)5-10/h5,7,12H,4,6H2,1-3H3. The predicted octanol–water partition coefficient (Wildman–Crippen LogP) is 1.76. The summed E-state index contributed by atoms with van der Waals surface area (Å²) in [6, 6.07) is -0.245. The van der Waals surface area contributed by atoms with Crippen LogP contribution < -0.4 is 5.32 Å². The Morgan fingerprint density at radius 1 is 1.64 bits per heavy atom. The van der Waals surface area contributed by atoms with Gasteiger partial charge in [-0.25, -0.2) is 0 Å². The predicted molar refractivity (Wildman–Crippen MR) is 60.6 cm³/mol. The van der Waals surface area contributed by atoms with E-state index in [0.29, 0.717) is 18.1 Å². The molecule has 1 atom stereocenters. The van der Waals surface area contributed by atoms with Crippen LogP contribution in [0.15, 0.2) is 10.6 Å². The van der Waals surface area contributed by atoms with Crippen molar-refractivity contribution in [1.29, 1.82) is 0 Å². The summed E-state index contributed by atoms with van der Waals surface area (Å²) in [6.07, 6.45) is 0. The van der Waals surface area contributed by atoms with Gasteiger partial charge in [-0.2, -0.15) is 0 Å². The maximum Gasteiger partial charge on any atom is 0.239 e. The molecule has 0 rings (SSSR count). The van der Waals surface area contributed by atoms with E-state index in [9.17, 15) is 4.79 Å². The molecule has 0 spiro atoms. The number of likely N-dealkylation sites (N-methyl/N-ethyl adjacent to an activating group) is 1. The van der Waals surface area contributed by atoms with Gasteiger partial charge in [0.2, 0.25) is 5.91 Å². The van der Waals surface area contributed by atoms with Crippen molar-refractivity contribution in [2.24, 2.45) is 0 Å². The SMILES string of the molecule is CCN(C)C(=O)C(C)NCC(Cl)=CCl. The molecule has 3 nitrogen and oxygen atoms in total. The molecule has 0 aliphatic rings. The molecule has 0 aliphatic carbocycles. The van der Waals surface area contributed by atoms with Crippen LogP contribution in [0.1, 0.15) is 13.8 Å². The average Bonchev–Trinajstić information content (AvgIpc) is 2.22. The molecule has 0 aromatic carbocycles. The Hall–Kier alpha value is -0.250. The van der Waals surface area contributed by atoms with Crippen molar-refractivity contribution in [2.75, 3.05) is 20.1 Å². The second-order valence-corrected chi connectivity index (χ2v) is 3.71. The Bertz CT molecular complexity index is 219. The third-order valence-corrected chi connectivity index (χ3v) is 2.53. The Labute approximate surface area is 95.0 Å². The molecule has 0 heterocycles. The lowest BCUT2D eigenvalue weighted by molar-refractivity contribution is -0.131. The van der Waals surface area contributed by atoms with E-state index in [2.05, 4.69) is 5.32 Å². The van der Waals surface area contributed by atoms with Gasteiger partial charge in [-0.15, -0.1) is 0 Å². The zero-order chi connectivity index (χ0) is 11.1. The topological polar surface area (TPSA) is 32.3 Å². The number of hydrogen-bond acceptors (Lipinski definition) is 2. The molecule has 0 saturated carbocycles. The zero-order valence-electron chi connectivity index (χ0n) is 8.68. The summed E-state index contributed by atoms with van der Waals surface area (Å²) in [5, 5.41) is 3.46. The van der Waals surface area contributed by atoms with Gasteiger partial charge < -0.3 is 10.2 Å². The van der Waals surface area contributed by atoms with Gasteiger partial charge in [-0.1, -0.05) is 23.2 Å². The molecule has 82 valence electrons. The molecule has 0 fully saturated rings. The van der Waals surface area contributed by atoms with Gasteiger partial charge in [-0.3, -0.25) is 4.79 Å². The number of amides is 1. The van der Waals surface area contributed by atoms with Gasteiger partial charge >= 0.3 is 0 Å². The lowest BCUT2D eigenvalue weighted by Gasteiger charge is -2.20. The number of nitrogens with one attached hydrogen (secondary N) is 1. The van der Waals surface area contributed by atoms with Crippen molar-refractivity contribution in [3.8, 4) is 0 Å². The lowest BCUT2D eigenvalue weighted by Crippen LogP contribution is -2.43. The number of hydrogen-bond donors (Lipinski definition) is 1. The second-order valence-electron chi connectivity index (χ2n) is 3.01. The molecule has 0 radical (unpaired) electrons. The highest BCUT2D eigenvalue weighted by atomic mass is 35.5. The average molecular weight is 239 g/mol. The van der Waals surface area contributed by atoms with E-state index in [1.54, 1.807) is 18.9 Å². The minimum Gasteiger partial charge on any atom is -0.345 e. The summed E-state index contributed by atoms with van der Waals surface area (Å²) in [5.41, 5.74) is 1.29. The van der Waals surface area contributed by atoms with Crippen molar-refractivity contribution >= 4 is 29.1 Å². The molecule has 14 heavy (non-hydrogen) atoms. The van der Waals surface area contributed by atoms with Crippen molar-refractivity contribution in [3.63, 3.8) is 0 Å². The van der Waals surface area contributed by atoms with E-state index >= 15 is 0 Å². The van der Waals surface area contributed by atoms with E-state index < -0.39 is 0 Å². The minimum atomic E-state index is -0.245. The normalized spacial score (nSPS) is 13.9. The molecule has 1 unspecified atom stereocenters. The lowest BCUT2D eigenvalue weighted by atomic mass is 10.3. The Morgan fingerprint density at radius 3 is 2.64 bits per heavy atom. The summed E-state index contributed by atoms with van der Waals surface area (Å²) in [6.45, 7) is 4.84. The van der Waals surface area contributed by atoms with Crippen molar-refractivity contribution < 1.29 is 4.79 Å². The first kappa shape index (κ1) is 13.8.